The van der Waals surface area contributed by atoms with Gasteiger partial charge in [-0.25, -0.2) is 8.78 Å². The number of nitrogens with one attached hydrogen (secondary N) is 1. The van der Waals surface area contributed by atoms with Gasteiger partial charge in [0.15, 0.2) is 17.7 Å². The van der Waals surface area contributed by atoms with Gasteiger partial charge in [0.1, 0.15) is 0 Å². The highest BCUT2D eigenvalue weighted by Crippen LogP contribution is 2.36. The van der Waals surface area contributed by atoms with Crippen molar-refractivity contribution >= 4 is 5.91 Å². The van der Waals surface area contributed by atoms with Gasteiger partial charge in [-0.05, 0) is 18.9 Å². The molecule has 0 heterocycles. The third kappa shape index (κ3) is 3.02. The minimum absolute atomic E-state index is 0.457. The molecular formula is C12H10F5NO. The van der Waals surface area contributed by atoms with E-state index in [4.69, 9.17) is 0 Å². The molecule has 1 amide bonds. The maximum Gasteiger partial charge on any atom is 0.412 e. The lowest BCUT2D eigenvalue weighted by Crippen LogP contribution is -2.39. The van der Waals surface area contributed by atoms with Crippen LogP contribution in [0.25, 0.3) is 0 Å². The van der Waals surface area contributed by atoms with Crippen molar-refractivity contribution < 1.29 is 26.7 Å². The summed E-state index contributed by atoms with van der Waals surface area (Å²) in [6.07, 6.45) is -3.86. The molecule has 1 aliphatic carbocycles. The van der Waals surface area contributed by atoms with Gasteiger partial charge in [0.25, 0.3) is 0 Å². The van der Waals surface area contributed by atoms with Gasteiger partial charge in [-0.15, -0.1) is 0 Å². The molecule has 19 heavy (non-hydrogen) atoms. The first-order chi connectivity index (χ1) is 8.80. The van der Waals surface area contributed by atoms with E-state index in [1.807, 2.05) is 0 Å². The summed E-state index contributed by atoms with van der Waals surface area (Å²) in [5.41, 5.74) is -0.915. The van der Waals surface area contributed by atoms with Crippen LogP contribution in [0.2, 0.25) is 0 Å². The number of rotatable bonds is 3. The average Bonchev–Trinajstić information content (AvgIpc) is 3.12. The lowest BCUT2D eigenvalue weighted by Gasteiger charge is -2.22. The van der Waals surface area contributed by atoms with Gasteiger partial charge in [-0.3, -0.25) is 4.79 Å². The molecule has 2 nitrogen and oxygen atoms in total. The minimum Gasteiger partial charge on any atom is -0.340 e. The lowest BCUT2D eigenvalue weighted by atomic mass is 10.1. The second-order valence-electron chi connectivity index (χ2n) is 4.40. The Morgan fingerprint density at radius 3 is 2.42 bits per heavy atom. The quantitative estimate of drug-likeness (QED) is 0.846. The van der Waals surface area contributed by atoms with E-state index in [0.717, 1.165) is 18.2 Å². The van der Waals surface area contributed by atoms with E-state index >= 15 is 0 Å². The van der Waals surface area contributed by atoms with Gasteiger partial charge in [0.2, 0.25) is 5.91 Å². The molecule has 0 aliphatic heterocycles. The van der Waals surface area contributed by atoms with E-state index in [1.54, 1.807) is 5.32 Å². The van der Waals surface area contributed by atoms with Crippen molar-refractivity contribution in [3.05, 3.63) is 35.4 Å². The van der Waals surface area contributed by atoms with Crippen LogP contribution in [-0.2, 0) is 4.79 Å². The molecule has 0 radical (unpaired) electrons. The molecular weight excluding hydrogens is 269 g/mol. The monoisotopic (exact) mass is 279 g/mol. The Morgan fingerprint density at radius 2 is 1.89 bits per heavy atom. The second kappa shape index (κ2) is 4.79. The Morgan fingerprint density at radius 1 is 1.26 bits per heavy atom. The zero-order chi connectivity index (χ0) is 14.2. The molecule has 1 saturated carbocycles. The maximum absolute atomic E-state index is 13.4. The average molecular weight is 279 g/mol. The Labute approximate surface area is 105 Å². The van der Waals surface area contributed by atoms with Crippen LogP contribution in [0.5, 0.6) is 0 Å². The van der Waals surface area contributed by atoms with Crippen molar-refractivity contribution in [2.24, 2.45) is 5.92 Å². The number of benzene rings is 1. The maximum atomic E-state index is 13.4. The topological polar surface area (TPSA) is 29.1 Å². The molecule has 0 unspecified atom stereocenters. The van der Waals surface area contributed by atoms with E-state index < -0.39 is 41.2 Å². The Bertz CT molecular complexity index is 495. The summed E-state index contributed by atoms with van der Waals surface area (Å²) in [5.74, 6) is -4.22. The predicted octanol–water partition coefficient (Wildman–Crippen LogP) is 3.09. The fourth-order valence-corrected chi connectivity index (χ4v) is 1.68. The number of carbonyl (C=O) groups excluding carboxylic acids is 1. The van der Waals surface area contributed by atoms with Crippen LogP contribution in [0.3, 0.4) is 0 Å². The van der Waals surface area contributed by atoms with Crippen LogP contribution in [0.1, 0.15) is 24.4 Å². The number of hydrogen-bond donors (Lipinski definition) is 1. The normalized spacial score (nSPS) is 17.1. The highest BCUT2D eigenvalue weighted by molar-refractivity contribution is 5.81. The van der Waals surface area contributed by atoms with Gasteiger partial charge < -0.3 is 5.32 Å². The highest BCUT2D eigenvalue weighted by atomic mass is 19.4. The molecule has 1 N–H and O–H groups in total. The highest BCUT2D eigenvalue weighted by Gasteiger charge is 2.45. The van der Waals surface area contributed by atoms with Gasteiger partial charge in [-0.1, -0.05) is 12.1 Å². The fourth-order valence-electron chi connectivity index (χ4n) is 1.68. The Hall–Kier alpha value is -1.66. The smallest absolute Gasteiger partial charge is 0.340 e. The van der Waals surface area contributed by atoms with Crippen molar-refractivity contribution in [3.8, 4) is 0 Å². The Kier molecular flexibility index (Phi) is 3.47. The standard InChI is InChI=1S/C12H10F5NO/c13-8-3-1-2-7(9(8)14)10(12(15,16)17)18-11(19)6-4-5-6/h1-3,6,10H,4-5H2,(H,18,19)/t10-/m0/s1. The fraction of sp³-hybridized carbons (Fsp3) is 0.417. The summed E-state index contributed by atoms with van der Waals surface area (Å²) < 4.78 is 65.0. The number of alkyl halides is 3. The third-order valence-corrected chi connectivity index (χ3v) is 2.85. The van der Waals surface area contributed by atoms with Crippen LogP contribution in [-0.4, -0.2) is 12.1 Å². The van der Waals surface area contributed by atoms with Crippen molar-refractivity contribution in [2.45, 2.75) is 25.1 Å². The first-order valence-electron chi connectivity index (χ1n) is 5.61. The van der Waals surface area contributed by atoms with Crippen LogP contribution < -0.4 is 5.32 Å². The summed E-state index contributed by atoms with van der Waals surface area (Å²) in [6, 6.07) is -0.0367. The van der Waals surface area contributed by atoms with Crippen molar-refractivity contribution in [1.82, 2.24) is 5.32 Å². The van der Waals surface area contributed by atoms with Gasteiger partial charge >= 0.3 is 6.18 Å². The van der Waals surface area contributed by atoms with Gasteiger partial charge in [0, 0.05) is 11.5 Å². The zero-order valence-electron chi connectivity index (χ0n) is 9.60. The summed E-state index contributed by atoms with van der Waals surface area (Å²) >= 11 is 0. The molecule has 1 aromatic carbocycles. The lowest BCUT2D eigenvalue weighted by molar-refractivity contribution is -0.164. The van der Waals surface area contributed by atoms with Crippen molar-refractivity contribution in [3.63, 3.8) is 0 Å². The molecule has 7 heteroatoms. The summed E-state index contributed by atoms with van der Waals surface area (Å²) in [6.45, 7) is 0. The first-order valence-corrected chi connectivity index (χ1v) is 5.61. The van der Waals surface area contributed by atoms with Gasteiger partial charge in [-0.2, -0.15) is 13.2 Å². The third-order valence-electron chi connectivity index (χ3n) is 2.85. The molecule has 0 saturated heterocycles. The van der Waals surface area contributed by atoms with Crippen molar-refractivity contribution in [2.75, 3.05) is 0 Å². The summed E-state index contributed by atoms with van der Waals surface area (Å²) in [7, 11) is 0. The molecule has 1 fully saturated rings. The van der Waals surface area contributed by atoms with Crippen molar-refractivity contribution in [1.29, 1.82) is 0 Å². The molecule has 1 atom stereocenters. The first kappa shape index (κ1) is 13.8. The zero-order valence-corrected chi connectivity index (χ0v) is 9.60. The van der Waals surface area contributed by atoms with E-state index in [1.165, 1.54) is 0 Å². The van der Waals surface area contributed by atoms with E-state index in [2.05, 4.69) is 0 Å². The molecule has 0 spiro atoms. The SMILES string of the molecule is O=C(N[C@@H](c1cccc(F)c1F)C(F)(F)F)C1CC1. The summed E-state index contributed by atoms with van der Waals surface area (Å²) in [4.78, 5) is 11.4. The van der Waals surface area contributed by atoms with E-state index in [0.29, 0.717) is 12.8 Å². The van der Waals surface area contributed by atoms with Crippen LogP contribution in [0, 0.1) is 17.6 Å². The Balaban J connectivity index is 2.31. The predicted molar refractivity (Wildman–Crippen MR) is 56.0 cm³/mol. The molecule has 0 bridgehead atoms. The van der Waals surface area contributed by atoms with Crippen LogP contribution in [0.15, 0.2) is 18.2 Å². The summed E-state index contributed by atoms with van der Waals surface area (Å²) in [5, 5.41) is 1.73. The second-order valence-corrected chi connectivity index (χ2v) is 4.40. The molecule has 2 rings (SSSR count). The number of amides is 1. The molecule has 1 aromatic rings. The molecule has 1 aliphatic rings. The number of hydrogen-bond acceptors (Lipinski definition) is 1. The van der Waals surface area contributed by atoms with Crippen LogP contribution >= 0.6 is 0 Å². The molecule has 0 aromatic heterocycles. The van der Waals surface area contributed by atoms with E-state index in [-0.39, 0.29) is 0 Å². The number of carbonyl (C=O) groups is 1. The number of halogens is 5. The minimum atomic E-state index is -4.89. The van der Waals surface area contributed by atoms with Crippen LogP contribution in [0.4, 0.5) is 22.0 Å². The van der Waals surface area contributed by atoms with Gasteiger partial charge in [0.05, 0.1) is 0 Å². The van der Waals surface area contributed by atoms with E-state index in [9.17, 15) is 26.7 Å². The largest absolute Gasteiger partial charge is 0.412 e. The molecule has 104 valence electrons.